The molecule has 0 saturated carbocycles. The molecule has 71 valence electrons. The Morgan fingerprint density at radius 2 is 1.69 bits per heavy atom. The summed E-state index contributed by atoms with van der Waals surface area (Å²) in [5, 5.41) is 0. The lowest BCUT2D eigenvalue weighted by Crippen LogP contribution is -1.98. The zero-order chi connectivity index (χ0) is 10.0. The van der Waals surface area contributed by atoms with Crippen LogP contribution >= 0.6 is 0 Å². The topological polar surface area (TPSA) is 0 Å². The number of hydrogen-bond acceptors (Lipinski definition) is 0. The Balaban J connectivity index is 3.13. The fourth-order valence-electron chi connectivity index (χ4n) is 1.39. The lowest BCUT2D eigenvalue weighted by Gasteiger charge is -2.12. The SMILES string of the molecule is [CH2]C(CF)c1cc(C)c(C)c(C)c1. The summed E-state index contributed by atoms with van der Waals surface area (Å²) >= 11 is 0. The largest absolute Gasteiger partial charge is 0.250 e. The molecule has 0 aromatic heterocycles. The van der Waals surface area contributed by atoms with Gasteiger partial charge in [0.05, 0.1) is 6.67 Å². The Bertz CT molecular complexity index is 279. The second-order valence-electron chi connectivity index (χ2n) is 3.63. The molecular weight excluding hydrogens is 163 g/mol. The third-order valence-corrected chi connectivity index (χ3v) is 2.61. The standard InChI is InChI=1S/C12H16F/c1-8-5-12(10(3)7-13)6-9(2)11(8)4/h5-6,10H,3,7H2,1-2,4H3. The third kappa shape index (κ3) is 2.09. The van der Waals surface area contributed by atoms with E-state index in [1.54, 1.807) is 0 Å². The molecular formula is C12H16F. The Hall–Kier alpha value is -0.850. The monoisotopic (exact) mass is 179 g/mol. The minimum atomic E-state index is -0.387. The van der Waals surface area contributed by atoms with E-state index in [1.807, 2.05) is 12.1 Å². The molecule has 0 heterocycles. The van der Waals surface area contributed by atoms with Gasteiger partial charge in [-0.3, -0.25) is 4.39 Å². The second kappa shape index (κ2) is 3.91. The first-order valence-corrected chi connectivity index (χ1v) is 4.53. The van der Waals surface area contributed by atoms with E-state index >= 15 is 0 Å². The molecule has 0 bridgehead atoms. The maximum Gasteiger partial charge on any atom is 0.0962 e. The summed E-state index contributed by atoms with van der Waals surface area (Å²) in [7, 11) is 0. The highest BCUT2D eigenvalue weighted by Gasteiger charge is 2.07. The van der Waals surface area contributed by atoms with Crippen molar-refractivity contribution in [2.24, 2.45) is 0 Å². The molecule has 0 saturated heterocycles. The lowest BCUT2D eigenvalue weighted by molar-refractivity contribution is 0.465. The molecule has 0 nitrogen and oxygen atoms in total. The van der Waals surface area contributed by atoms with Gasteiger partial charge in [0.25, 0.3) is 0 Å². The van der Waals surface area contributed by atoms with Crippen molar-refractivity contribution in [3.8, 4) is 0 Å². The van der Waals surface area contributed by atoms with Crippen LogP contribution in [-0.4, -0.2) is 6.67 Å². The molecule has 0 spiro atoms. The smallest absolute Gasteiger partial charge is 0.0962 e. The van der Waals surface area contributed by atoms with Gasteiger partial charge in [-0.15, -0.1) is 0 Å². The summed E-state index contributed by atoms with van der Waals surface area (Å²) in [5.41, 5.74) is 4.73. The summed E-state index contributed by atoms with van der Waals surface area (Å²) in [6.07, 6.45) is 0. The summed E-state index contributed by atoms with van der Waals surface area (Å²) < 4.78 is 12.4. The van der Waals surface area contributed by atoms with Crippen molar-refractivity contribution in [1.82, 2.24) is 0 Å². The summed E-state index contributed by atoms with van der Waals surface area (Å²) in [6.45, 7) is 9.57. The molecule has 0 amide bonds. The molecule has 0 aliphatic rings. The molecule has 1 rings (SSSR count). The summed E-state index contributed by atoms with van der Waals surface area (Å²) in [5.74, 6) is -0.224. The minimum absolute atomic E-state index is 0.224. The van der Waals surface area contributed by atoms with Crippen LogP contribution in [0.25, 0.3) is 0 Å². The lowest BCUT2D eigenvalue weighted by atomic mass is 9.94. The van der Waals surface area contributed by atoms with Crippen molar-refractivity contribution in [2.75, 3.05) is 6.67 Å². The van der Waals surface area contributed by atoms with Gasteiger partial charge in [0.2, 0.25) is 0 Å². The third-order valence-electron chi connectivity index (χ3n) is 2.61. The molecule has 0 N–H and O–H groups in total. The van der Waals surface area contributed by atoms with Gasteiger partial charge in [0.15, 0.2) is 0 Å². The van der Waals surface area contributed by atoms with Gasteiger partial charge in [0, 0.05) is 5.92 Å². The van der Waals surface area contributed by atoms with Gasteiger partial charge in [-0.05, 0) is 49.9 Å². The van der Waals surface area contributed by atoms with Crippen molar-refractivity contribution in [2.45, 2.75) is 26.7 Å². The number of halogens is 1. The maximum absolute atomic E-state index is 12.4. The zero-order valence-electron chi connectivity index (χ0n) is 8.52. The van der Waals surface area contributed by atoms with E-state index in [1.165, 1.54) is 16.7 Å². The first kappa shape index (κ1) is 10.2. The predicted molar refractivity (Wildman–Crippen MR) is 54.7 cm³/mol. The van der Waals surface area contributed by atoms with Gasteiger partial charge in [0.1, 0.15) is 0 Å². The summed E-state index contributed by atoms with van der Waals surface area (Å²) in [4.78, 5) is 0. The van der Waals surface area contributed by atoms with Gasteiger partial charge in [-0.2, -0.15) is 0 Å². The van der Waals surface area contributed by atoms with Gasteiger partial charge in [-0.1, -0.05) is 12.1 Å². The van der Waals surface area contributed by atoms with E-state index in [4.69, 9.17) is 0 Å². The van der Waals surface area contributed by atoms with Crippen LogP contribution in [0.4, 0.5) is 4.39 Å². The molecule has 0 fully saturated rings. The second-order valence-corrected chi connectivity index (χ2v) is 3.63. The van der Waals surface area contributed by atoms with Crippen molar-refractivity contribution in [3.05, 3.63) is 41.3 Å². The van der Waals surface area contributed by atoms with Crippen LogP contribution in [-0.2, 0) is 0 Å². The highest BCUT2D eigenvalue weighted by molar-refractivity contribution is 5.38. The van der Waals surface area contributed by atoms with Crippen molar-refractivity contribution in [1.29, 1.82) is 0 Å². The number of alkyl halides is 1. The quantitative estimate of drug-likeness (QED) is 0.651. The van der Waals surface area contributed by atoms with E-state index in [9.17, 15) is 4.39 Å². The fraction of sp³-hybridized carbons (Fsp3) is 0.417. The molecule has 1 radical (unpaired) electrons. The highest BCUT2D eigenvalue weighted by Crippen LogP contribution is 2.21. The zero-order valence-corrected chi connectivity index (χ0v) is 8.52. The summed E-state index contributed by atoms with van der Waals surface area (Å²) in [6, 6.07) is 4.05. The van der Waals surface area contributed by atoms with E-state index in [0.29, 0.717) is 0 Å². The molecule has 1 unspecified atom stereocenters. The Morgan fingerprint density at radius 1 is 1.23 bits per heavy atom. The fourth-order valence-corrected chi connectivity index (χ4v) is 1.39. The van der Waals surface area contributed by atoms with E-state index in [0.717, 1.165) is 5.56 Å². The molecule has 1 atom stereocenters. The Kier molecular flexibility index (Phi) is 3.07. The first-order valence-electron chi connectivity index (χ1n) is 4.53. The average Bonchev–Trinajstić information content (AvgIpc) is 2.12. The maximum atomic E-state index is 12.4. The van der Waals surface area contributed by atoms with Gasteiger partial charge >= 0.3 is 0 Å². The average molecular weight is 179 g/mol. The van der Waals surface area contributed by atoms with Crippen LogP contribution in [0.5, 0.6) is 0 Å². The minimum Gasteiger partial charge on any atom is -0.250 e. The van der Waals surface area contributed by atoms with Crippen LogP contribution in [0.3, 0.4) is 0 Å². The van der Waals surface area contributed by atoms with Crippen LogP contribution in [0.1, 0.15) is 28.2 Å². The molecule has 1 heteroatoms. The van der Waals surface area contributed by atoms with Gasteiger partial charge < -0.3 is 0 Å². The molecule has 1 aromatic rings. The number of hydrogen-bond donors (Lipinski definition) is 0. The number of aryl methyl sites for hydroxylation is 2. The molecule has 1 aromatic carbocycles. The van der Waals surface area contributed by atoms with Crippen LogP contribution in [0.15, 0.2) is 12.1 Å². The first-order chi connectivity index (χ1) is 6.06. The number of benzene rings is 1. The van der Waals surface area contributed by atoms with Crippen molar-refractivity contribution < 1.29 is 4.39 Å². The van der Waals surface area contributed by atoms with Crippen molar-refractivity contribution >= 4 is 0 Å². The normalized spacial score (nSPS) is 13.0. The predicted octanol–water partition coefficient (Wildman–Crippen LogP) is 3.50. The Labute approximate surface area is 79.8 Å². The molecule has 0 aliphatic heterocycles. The van der Waals surface area contributed by atoms with Crippen LogP contribution in [0, 0.1) is 27.7 Å². The van der Waals surface area contributed by atoms with E-state index in [2.05, 4.69) is 27.7 Å². The van der Waals surface area contributed by atoms with E-state index in [-0.39, 0.29) is 12.6 Å². The van der Waals surface area contributed by atoms with Gasteiger partial charge in [-0.25, -0.2) is 0 Å². The van der Waals surface area contributed by atoms with Crippen LogP contribution < -0.4 is 0 Å². The Morgan fingerprint density at radius 3 is 2.08 bits per heavy atom. The molecule has 0 aliphatic carbocycles. The van der Waals surface area contributed by atoms with E-state index < -0.39 is 0 Å². The number of rotatable bonds is 2. The van der Waals surface area contributed by atoms with Crippen molar-refractivity contribution in [3.63, 3.8) is 0 Å². The highest BCUT2D eigenvalue weighted by atomic mass is 19.1. The molecule has 13 heavy (non-hydrogen) atoms. The van der Waals surface area contributed by atoms with Crippen LogP contribution in [0.2, 0.25) is 0 Å².